The van der Waals surface area contributed by atoms with Crippen molar-refractivity contribution in [2.75, 3.05) is 12.4 Å². The number of benzene rings is 1. The van der Waals surface area contributed by atoms with E-state index in [2.05, 4.69) is 36.0 Å². The number of nitrogens with zero attached hydrogens (tertiary/aromatic N) is 2. The molecule has 0 spiro atoms. The number of nitrogens with one attached hydrogen (secondary N) is 1. The van der Waals surface area contributed by atoms with Gasteiger partial charge in [0.1, 0.15) is 5.82 Å². The van der Waals surface area contributed by atoms with E-state index in [1.807, 2.05) is 24.3 Å². The van der Waals surface area contributed by atoms with E-state index in [0.29, 0.717) is 18.1 Å². The van der Waals surface area contributed by atoms with E-state index in [-0.39, 0.29) is 5.82 Å². The molecule has 0 aliphatic rings. The lowest BCUT2D eigenvalue weighted by atomic mass is 10.2. The van der Waals surface area contributed by atoms with Gasteiger partial charge >= 0.3 is 5.97 Å². The molecule has 0 radical (unpaired) electrons. The highest BCUT2D eigenvalue weighted by Gasteiger charge is 2.11. The molecule has 2 rings (SSSR count). The molecule has 0 amide bonds. The topological polar surface area (TPSA) is 64.1 Å². The Hall–Kier alpha value is -1.95. The van der Waals surface area contributed by atoms with E-state index in [0.717, 1.165) is 10.0 Å². The van der Waals surface area contributed by atoms with E-state index in [4.69, 9.17) is 0 Å². The lowest BCUT2D eigenvalue weighted by molar-refractivity contribution is 0.0586. The average molecular weight is 336 g/mol. The maximum absolute atomic E-state index is 11.5. The number of carbonyl (C=O) groups excluding carboxylic acids is 1. The Balaban J connectivity index is 2.13. The van der Waals surface area contributed by atoms with E-state index in [9.17, 15) is 4.79 Å². The van der Waals surface area contributed by atoms with Crippen molar-refractivity contribution in [1.82, 2.24) is 9.97 Å². The highest BCUT2D eigenvalue weighted by atomic mass is 79.9. The molecule has 6 heteroatoms. The highest BCUT2D eigenvalue weighted by Crippen LogP contribution is 2.13. The first-order chi connectivity index (χ1) is 9.58. The van der Waals surface area contributed by atoms with Crippen LogP contribution in [-0.2, 0) is 11.3 Å². The normalized spacial score (nSPS) is 10.2. The monoisotopic (exact) mass is 335 g/mol. The Morgan fingerprint density at radius 1 is 1.35 bits per heavy atom. The minimum atomic E-state index is -0.542. The third kappa shape index (κ3) is 3.77. The lowest BCUT2D eigenvalue weighted by Crippen LogP contribution is -2.11. The molecule has 0 fully saturated rings. The quantitative estimate of drug-likeness (QED) is 0.870. The number of carbonyl (C=O) groups is 1. The van der Waals surface area contributed by atoms with Crippen LogP contribution in [0.2, 0.25) is 0 Å². The number of aryl methyl sites for hydroxylation is 1. The summed E-state index contributed by atoms with van der Waals surface area (Å²) in [7, 11) is 1.31. The fourth-order valence-electron chi connectivity index (χ4n) is 1.68. The summed E-state index contributed by atoms with van der Waals surface area (Å²) in [5.74, 6) is 0.112. The van der Waals surface area contributed by atoms with Crippen LogP contribution in [0.4, 0.5) is 5.82 Å². The van der Waals surface area contributed by atoms with Crippen molar-refractivity contribution in [2.45, 2.75) is 13.5 Å². The van der Waals surface area contributed by atoms with Crippen LogP contribution in [0.3, 0.4) is 0 Å². The van der Waals surface area contributed by atoms with Gasteiger partial charge in [0.2, 0.25) is 5.82 Å². The number of hydrogen-bond donors (Lipinski definition) is 1. The molecule has 1 aromatic heterocycles. The number of methoxy groups -OCH3 is 1. The molecule has 0 aliphatic carbocycles. The van der Waals surface area contributed by atoms with Gasteiger partial charge in [-0.2, -0.15) is 0 Å². The van der Waals surface area contributed by atoms with Crippen molar-refractivity contribution in [3.63, 3.8) is 0 Å². The molecule has 0 saturated heterocycles. The Kier molecular flexibility index (Phi) is 4.68. The first-order valence-electron chi connectivity index (χ1n) is 6.01. The van der Waals surface area contributed by atoms with Gasteiger partial charge in [0.05, 0.1) is 7.11 Å². The van der Waals surface area contributed by atoms with Gasteiger partial charge in [-0.1, -0.05) is 28.1 Å². The summed E-state index contributed by atoms with van der Waals surface area (Å²) in [6, 6.07) is 9.74. The van der Waals surface area contributed by atoms with Gasteiger partial charge in [-0.3, -0.25) is 0 Å². The van der Waals surface area contributed by atoms with Gasteiger partial charge < -0.3 is 10.1 Å². The van der Waals surface area contributed by atoms with Crippen LogP contribution in [0.25, 0.3) is 0 Å². The van der Waals surface area contributed by atoms with Crippen molar-refractivity contribution in [3.05, 3.63) is 51.9 Å². The Morgan fingerprint density at radius 2 is 2.15 bits per heavy atom. The molecule has 0 aliphatic heterocycles. The summed E-state index contributed by atoms with van der Waals surface area (Å²) < 4.78 is 5.65. The maximum atomic E-state index is 11.5. The van der Waals surface area contributed by atoms with Crippen molar-refractivity contribution in [3.8, 4) is 0 Å². The summed E-state index contributed by atoms with van der Waals surface area (Å²) >= 11 is 3.43. The second-order valence-electron chi connectivity index (χ2n) is 4.19. The van der Waals surface area contributed by atoms with Gasteiger partial charge in [0.15, 0.2) is 0 Å². The zero-order chi connectivity index (χ0) is 14.5. The summed E-state index contributed by atoms with van der Waals surface area (Å²) in [5, 5.41) is 3.17. The second kappa shape index (κ2) is 6.47. The minimum Gasteiger partial charge on any atom is -0.463 e. The number of aromatic nitrogens is 2. The van der Waals surface area contributed by atoms with Gasteiger partial charge in [-0.25, -0.2) is 14.8 Å². The second-order valence-corrected chi connectivity index (χ2v) is 5.11. The zero-order valence-electron chi connectivity index (χ0n) is 11.2. The van der Waals surface area contributed by atoms with Crippen molar-refractivity contribution < 1.29 is 9.53 Å². The minimum absolute atomic E-state index is 0.0595. The van der Waals surface area contributed by atoms with Crippen molar-refractivity contribution >= 4 is 27.7 Å². The molecule has 0 unspecified atom stereocenters. The molecule has 1 aromatic carbocycles. The fraction of sp³-hybridized carbons (Fsp3) is 0.214. The number of anilines is 1. The molecule has 0 bridgehead atoms. The first kappa shape index (κ1) is 14.5. The Bertz CT molecular complexity index is 632. The smallest absolute Gasteiger partial charge is 0.376 e. The van der Waals surface area contributed by atoms with Crippen LogP contribution in [0, 0.1) is 6.92 Å². The summed E-state index contributed by atoms with van der Waals surface area (Å²) in [5.41, 5.74) is 1.81. The molecule has 0 atom stereocenters. The highest BCUT2D eigenvalue weighted by molar-refractivity contribution is 9.10. The third-order valence-corrected chi connectivity index (χ3v) is 3.08. The van der Waals surface area contributed by atoms with Gasteiger partial charge in [-0.05, 0) is 24.6 Å². The van der Waals surface area contributed by atoms with E-state index >= 15 is 0 Å². The first-order valence-corrected chi connectivity index (χ1v) is 6.80. The van der Waals surface area contributed by atoms with E-state index in [1.54, 1.807) is 13.0 Å². The molecule has 1 heterocycles. The van der Waals surface area contributed by atoms with Crippen LogP contribution < -0.4 is 5.32 Å². The predicted octanol–water partition coefficient (Wildman–Crippen LogP) is 2.95. The standard InChI is InChI=1S/C14H14BrN3O2/c1-9-6-12(18-13(17-9)14(19)20-2)16-8-10-4-3-5-11(15)7-10/h3-7H,8H2,1-2H3,(H,16,17,18). The van der Waals surface area contributed by atoms with Gasteiger partial charge in [-0.15, -0.1) is 0 Å². The summed E-state index contributed by atoms with van der Waals surface area (Å²) in [6.07, 6.45) is 0. The van der Waals surface area contributed by atoms with Crippen LogP contribution in [0.5, 0.6) is 0 Å². The van der Waals surface area contributed by atoms with E-state index < -0.39 is 5.97 Å². The lowest BCUT2D eigenvalue weighted by Gasteiger charge is -2.08. The average Bonchev–Trinajstić information content (AvgIpc) is 2.44. The molecule has 104 valence electrons. The van der Waals surface area contributed by atoms with E-state index in [1.165, 1.54) is 7.11 Å². The predicted molar refractivity (Wildman–Crippen MR) is 79.6 cm³/mol. The van der Waals surface area contributed by atoms with Gasteiger partial charge in [0.25, 0.3) is 0 Å². The van der Waals surface area contributed by atoms with Crippen LogP contribution in [0.1, 0.15) is 21.9 Å². The fourth-order valence-corrected chi connectivity index (χ4v) is 2.13. The molecular weight excluding hydrogens is 322 g/mol. The number of esters is 1. The largest absolute Gasteiger partial charge is 0.463 e. The summed E-state index contributed by atoms with van der Waals surface area (Å²) in [4.78, 5) is 19.6. The maximum Gasteiger partial charge on any atom is 0.376 e. The zero-order valence-corrected chi connectivity index (χ0v) is 12.8. The molecule has 1 N–H and O–H groups in total. The number of ether oxygens (including phenoxy) is 1. The molecule has 0 saturated carbocycles. The molecule has 2 aromatic rings. The van der Waals surface area contributed by atoms with Gasteiger partial charge in [0, 0.05) is 22.8 Å². The number of rotatable bonds is 4. The van der Waals surface area contributed by atoms with Crippen molar-refractivity contribution in [1.29, 1.82) is 0 Å². The summed E-state index contributed by atoms with van der Waals surface area (Å²) in [6.45, 7) is 2.41. The third-order valence-electron chi connectivity index (χ3n) is 2.58. The molecule has 20 heavy (non-hydrogen) atoms. The molecular formula is C14H14BrN3O2. The molecule has 5 nitrogen and oxygen atoms in total. The van der Waals surface area contributed by atoms with Crippen molar-refractivity contribution in [2.24, 2.45) is 0 Å². The van der Waals surface area contributed by atoms with Crippen LogP contribution in [-0.4, -0.2) is 23.0 Å². The SMILES string of the molecule is COC(=O)c1nc(C)cc(NCc2cccc(Br)c2)n1. The Morgan fingerprint density at radius 3 is 2.85 bits per heavy atom. The van der Waals surface area contributed by atoms with Crippen LogP contribution in [0.15, 0.2) is 34.8 Å². The number of hydrogen-bond acceptors (Lipinski definition) is 5. The van der Waals surface area contributed by atoms with Crippen LogP contribution >= 0.6 is 15.9 Å². The Labute approximate surface area is 125 Å². The number of halogens is 1.